The number of carbonyl (C=O) groups excluding carboxylic acids is 2. The average molecular weight is 317 g/mol. The monoisotopic (exact) mass is 317 g/mol. The number of likely N-dealkylation sites (tertiary alicyclic amines) is 1. The number of hydrogen-bond donors (Lipinski definition) is 1. The Morgan fingerprint density at radius 3 is 2.61 bits per heavy atom. The first-order valence-corrected chi connectivity index (χ1v) is 8.48. The first kappa shape index (κ1) is 17.3. The molecule has 1 N–H and O–H groups in total. The Labute approximate surface area is 138 Å². The molecule has 126 valence electrons. The lowest BCUT2D eigenvalue weighted by atomic mass is 10.1. The van der Waals surface area contributed by atoms with Crippen LogP contribution >= 0.6 is 0 Å². The van der Waals surface area contributed by atoms with Crippen molar-refractivity contribution < 1.29 is 9.59 Å². The highest BCUT2D eigenvalue weighted by Crippen LogP contribution is 2.17. The Morgan fingerprint density at radius 1 is 1.26 bits per heavy atom. The van der Waals surface area contributed by atoms with Gasteiger partial charge >= 0.3 is 6.03 Å². The van der Waals surface area contributed by atoms with Crippen LogP contribution in [0.15, 0.2) is 30.3 Å². The Bertz CT molecular complexity index is 514. The molecule has 5 nitrogen and oxygen atoms in total. The minimum atomic E-state index is -0.0369. The minimum Gasteiger partial charge on any atom is -0.342 e. The lowest BCUT2D eigenvalue weighted by molar-refractivity contribution is -0.127. The third kappa shape index (κ3) is 4.98. The molecule has 1 heterocycles. The number of benzene rings is 1. The van der Waals surface area contributed by atoms with Crippen molar-refractivity contribution in [1.29, 1.82) is 0 Å². The normalized spacial score (nSPS) is 17.4. The zero-order valence-corrected chi connectivity index (χ0v) is 14.1. The number of nitrogens with zero attached hydrogens (tertiary/aromatic N) is 2. The first-order chi connectivity index (χ1) is 11.1. The van der Waals surface area contributed by atoms with Gasteiger partial charge in [-0.25, -0.2) is 4.79 Å². The van der Waals surface area contributed by atoms with Gasteiger partial charge in [0.05, 0.1) is 0 Å². The number of amides is 3. The quantitative estimate of drug-likeness (QED) is 0.837. The maximum Gasteiger partial charge on any atom is 0.317 e. The van der Waals surface area contributed by atoms with Gasteiger partial charge in [-0.15, -0.1) is 0 Å². The Balaban J connectivity index is 1.75. The van der Waals surface area contributed by atoms with E-state index in [1.807, 2.05) is 36.9 Å². The lowest BCUT2D eigenvalue weighted by Gasteiger charge is -2.21. The predicted octanol–water partition coefficient (Wildman–Crippen LogP) is 2.13. The summed E-state index contributed by atoms with van der Waals surface area (Å²) in [7, 11) is 0. The van der Waals surface area contributed by atoms with Crippen LogP contribution in [0.1, 0.15) is 25.8 Å². The van der Waals surface area contributed by atoms with E-state index in [0.717, 1.165) is 19.5 Å². The standard InChI is InChI=1S/C18H27N3O2/c1-3-20(4-2)18(23)19-13-16-12-17(22)21(14-16)11-10-15-8-6-5-7-9-15/h5-9,16H,3-4,10-14H2,1-2H3,(H,19,23). The fourth-order valence-electron chi connectivity index (χ4n) is 2.97. The molecule has 23 heavy (non-hydrogen) atoms. The third-order valence-corrected chi connectivity index (χ3v) is 4.40. The van der Waals surface area contributed by atoms with Gasteiger partial charge in [-0.05, 0) is 25.8 Å². The van der Waals surface area contributed by atoms with E-state index < -0.39 is 0 Å². The zero-order chi connectivity index (χ0) is 16.7. The summed E-state index contributed by atoms with van der Waals surface area (Å²) in [4.78, 5) is 27.7. The van der Waals surface area contributed by atoms with Gasteiger partial charge in [0, 0.05) is 45.1 Å². The molecular formula is C18H27N3O2. The molecule has 0 radical (unpaired) electrons. The summed E-state index contributed by atoms with van der Waals surface area (Å²) in [6.45, 7) is 7.40. The van der Waals surface area contributed by atoms with Crippen molar-refractivity contribution in [1.82, 2.24) is 15.1 Å². The van der Waals surface area contributed by atoms with Gasteiger partial charge in [0.1, 0.15) is 0 Å². The summed E-state index contributed by atoms with van der Waals surface area (Å²) in [5.41, 5.74) is 1.25. The summed E-state index contributed by atoms with van der Waals surface area (Å²) >= 11 is 0. The van der Waals surface area contributed by atoms with Crippen LogP contribution < -0.4 is 5.32 Å². The average Bonchev–Trinajstić information content (AvgIpc) is 2.93. The van der Waals surface area contributed by atoms with E-state index in [-0.39, 0.29) is 17.9 Å². The SMILES string of the molecule is CCN(CC)C(=O)NCC1CC(=O)N(CCc2ccccc2)C1. The molecule has 1 aliphatic heterocycles. The van der Waals surface area contributed by atoms with E-state index in [4.69, 9.17) is 0 Å². The maximum absolute atomic E-state index is 12.1. The van der Waals surface area contributed by atoms with Crippen LogP contribution in [0.4, 0.5) is 4.79 Å². The zero-order valence-electron chi connectivity index (χ0n) is 14.1. The Morgan fingerprint density at radius 2 is 1.96 bits per heavy atom. The van der Waals surface area contributed by atoms with E-state index in [0.29, 0.717) is 26.1 Å². The lowest BCUT2D eigenvalue weighted by Crippen LogP contribution is -2.42. The molecule has 1 aromatic rings. The molecule has 1 saturated heterocycles. The van der Waals surface area contributed by atoms with Gasteiger partial charge in [-0.1, -0.05) is 30.3 Å². The van der Waals surface area contributed by atoms with Gasteiger partial charge in [0.25, 0.3) is 0 Å². The third-order valence-electron chi connectivity index (χ3n) is 4.40. The van der Waals surface area contributed by atoms with Crippen LogP contribution in [-0.4, -0.2) is 54.5 Å². The molecular weight excluding hydrogens is 290 g/mol. The van der Waals surface area contributed by atoms with E-state index in [1.54, 1.807) is 4.90 Å². The molecule has 0 saturated carbocycles. The van der Waals surface area contributed by atoms with Crippen LogP contribution in [0.3, 0.4) is 0 Å². The van der Waals surface area contributed by atoms with Gasteiger partial charge in [0.15, 0.2) is 0 Å². The molecule has 1 atom stereocenters. The Kier molecular flexibility index (Phi) is 6.44. The highest BCUT2D eigenvalue weighted by molar-refractivity contribution is 5.79. The Hall–Kier alpha value is -2.04. The topological polar surface area (TPSA) is 52.7 Å². The largest absolute Gasteiger partial charge is 0.342 e. The number of carbonyl (C=O) groups is 2. The van der Waals surface area contributed by atoms with Crippen molar-refractivity contribution in [2.24, 2.45) is 5.92 Å². The van der Waals surface area contributed by atoms with Crippen LogP contribution in [0.2, 0.25) is 0 Å². The number of hydrogen-bond acceptors (Lipinski definition) is 2. The molecule has 2 rings (SSSR count). The second kappa shape index (κ2) is 8.56. The molecule has 1 unspecified atom stereocenters. The van der Waals surface area contributed by atoms with Gasteiger partial charge in [-0.3, -0.25) is 4.79 Å². The summed E-state index contributed by atoms with van der Waals surface area (Å²) < 4.78 is 0. The van der Waals surface area contributed by atoms with Crippen LogP contribution in [0.5, 0.6) is 0 Å². The van der Waals surface area contributed by atoms with E-state index in [2.05, 4.69) is 17.4 Å². The van der Waals surface area contributed by atoms with Crippen LogP contribution in [0, 0.1) is 5.92 Å². The molecule has 1 aromatic carbocycles. The molecule has 0 bridgehead atoms. The van der Waals surface area contributed by atoms with Crippen molar-refractivity contribution in [3.8, 4) is 0 Å². The number of nitrogens with one attached hydrogen (secondary N) is 1. The molecule has 0 spiro atoms. The minimum absolute atomic E-state index is 0.0369. The molecule has 1 aliphatic rings. The first-order valence-electron chi connectivity index (χ1n) is 8.48. The molecule has 0 aliphatic carbocycles. The second-order valence-electron chi connectivity index (χ2n) is 6.00. The van der Waals surface area contributed by atoms with Crippen LogP contribution in [-0.2, 0) is 11.2 Å². The van der Waals surface area contributed by atoms with Crippen LogP contribution in [0.25, 0.3) is 0 Å². The van der Waals surface area contributed by atoms with Crippen molar-refractivity contribution in [3.05, 3.63) is 35.9 Å². The highest BCUT2D eigenvalue weighted by atomic mass is 16.2. The van der Waals surface area contributed by atoms with E-state index >= 15 is 0 Å². The fourth-order valence-corrected chi connectivity index (χ4v) is 2.97. The smallest absolute Gasteiger partial charge is 0.317 e. The van der Waals surface area contributed by atoms with E-state index in [1.165, 1.54) is 5.56 Å². The summed E-state index contributed by atoms with van der Waals surface area (Å²) in [6.07, 6.45) is 1.42. The van der Waals surface area contributed by atoms with Crippen molar-refractivity contribution >= 4 is 11.9 Å². The van der Waals surface area contributed by atoms with E-state index in [9.17, 15) is 9.59 Å². The van der Waals surface area contributed by atoms with Gasteiger partial charge < -0.3 is 15.1 Å². The summed E-state index contributed by atoms with van der Waals surface area (Å²) in [6, 6.07) is 10.2. The second-order valence-corrected chi connectivity index (χ2v) is 6.00. The molecule has 1 fully saturated rings. The summed E-state index contributed by atoms with van der Waals surface area (Å²) in [5, 5.41) is 2.95. The van der Waals surface area contributed by atoms with Gasteiger partial charge in [-0.2, -0.15) is 0 Å². The van der Waals surface area contributed by atoms with Crippen molar-refractivity contribution in [2.45, 2.75) is 26.7 Å². The van der Waals surface area contributed by atoms with Crippen molar-refractivity contribution in [3.63, 3.8) is 0 Å². The number of urea groups is 1. The number of rotatable bonds is 7. The maximum atomic E-state index is 12.1. The van der Waals surface area contributed by atoms with Crippen molar-refractivity contribution in [2.75, 3.05) is 32.7 Å². The summed E-state index contributed by atoms with van der Waals surface area (Å²) in [5.74, 6) is 0.417. The molecule has 0 aromatic heterocycles. The van der Waals surface area contributed by atoms with Gasteiger partial charge in [0.2, 0.25) is 5.91 Å². The molecule has 5 heteroatoms. The fraction of sp³-hybridized carbons (Fsp3) is 0.556. The molecule has 3 amide bonds. The highest BCUT2D eigenvalue weighted by Gasteiger charge is 2.29. The predicted molar refractivity (Wildman–Crippen MR) is 91.2 cm³/mol.